The number of aliphatic carboxylic acids is 1. The van der Waals surface area contributed by atoms with Crippen molar-refractivity contribution in [1.29, 1.82) is 0 Å². The smallest absolute Gasteiger partial charge is 0.308 e. The van der Waals surface area contributed by atoms with Crippen molar-refractivity contribution >= 4 is 5.97 Å². The SMILES string of the molecule is O=C(O)[C@@H]1CN(Cc2ccc3c(n2)CCC3)C[C@H]1c1ccccc1. The van der Waals surface area contributed by atoms with Crippen molar-refractivity contribution in [2.24, 2.45) is 5.92 Å². The Kier molecular flexibility index (Phi) is 4.07. The highest BCUT2D eigenvalue weighted by Gasteiger charge is 2.38. The third-order valence-corrected chi connectivity index (χ3v) is 5.31. The van der Waals surface area contributed by atoms with Crippen LogP contribution >= 0.6 is 0 Å². The van der Waals surface area contributed by atoms with E-state index in [-0.39, 0.29) is 11.8 Å². The number of hydrogen-bond acceptors (Lipinski definition) is 3. The molecule has 1 N–H and O–H groups in total. The number of rotatable bonds is 4. The second-order valence-electron chi connectivity index (χ2n) is 6.92. The van der Waals surface area contributed by atoms with Gasteiger partial charge in [0.1, 0.15) is 0 Å². The third-order valence-electron chi connectivity index (χ3n) is 5.31. The zero-order chi connectivity index (χ0) is 16.5. The van der Waals surface area contributed by atoms with E-state index in [9.17, 15) is 9.90 Å². The van der Waals surface area contributed by atoms with E-state index < -0.39 is 5.97 Å². The van der Waals surface area contributed by atoms with Gasteiger partial charge in [-0.25, -0.2) is 0 Å². The molecule has 2 aromatic rings. The van der Waals surface area contributed by atoms with Crippen LogP contribution in [0.5, 0.6) is 0 Å². The van der Waals surface area contributed by atoms with Crippen LogP contribution in [0.2, 0.25) is 0 Å². The van der Waals surface area contributed by atoms with Crippen molar-refractivity contribution in [2.45, 2.75) is 31.7 Å². The topological polar surface area (TPSA) is 53.4 Å². The summed E-state index contributed by atoms with van der Waals surface area (Å²) in [5, 5.41) is 9.61. The minimum atomic E-state index is -0.701. The quantitative estimate of drug-likeness (QED) is 0.940. The van der Waals surface area contributed by atoms with Gasteiger partial charge in [-0.2, -0.15) is 0 Å². The van der Waals surface area contributed by atoms with E-state index in [1.807, 2.05) is 30.3 Å². The van der Waals surface area contributed by atoms with Gasteiger partial charge in [-0.3, -0.25) is 14.7 Å². The number of pyridine rings is 1. The zero-order valence-corrected chi connectivity index (χ0v) is 13.7. The van der Waals surface area contributed by atoms with Gasteiger partial charge in [-0.15, -0.1) is 0 Å². The highest BCUT2D eigenvalue weighted by atomic mass is 16.4. The van der Waals surface area contributed by atoms with Crippen LogP contribution < -0.4 is 0 Å². The molecule has 2 aliphatic rings. The number of aromatic nitrogens is 1. The van der Waals surface area contributed by atoms with E-state index in [4.69, 9.17) is 4.98 Å². The summed E-state index contributed by atoms with van der Waals surface area (Å²) in [5.41, 5.74) is 4.80. The Morgan fingerprint density at radius 2 is 1.96 bits per heavy atom. The molecule has 2 atom stereocenters. The molecule has 1 aromatic carbocycles. The van der Waals surface area contributed by atoms with E-state index >= 15 is 0 Å². The summed E-state index contributed by atoms with van der Waals surface area (Å²) >= 11 is 0. The molecule has 2 heterocycles. The fourth-order valence-corrected chi connectivity index (χ4v) is 4.09. The van der Waals surface area contributed by atoms with E-state index in [0.29, 0.717) is 6.54 Å². The number of carboxylic acids is 1. The number of likely N-dealkylation sites (tertiary alicyclic amines) is 1. The summed E-state index contributed by atoms with van der Waals surface area (Å²) in [6.07, 6.45) is 3.42. The molecule has 24 heavy (non-hydrogen) atoms. The number of carbonyl (C=O) groups is 1. The lowest BCUT2D eigenvalue weighted by atomic mass is 9.89. The van der Waals surface area contributed by atoms with Gasteiger partial charge in [0.2, 0.25) is 0 Å². The van der Waals surface area contributed by atoms with Crippen LogP contribution in [0.1, 0.15) is 34.9 Å². The summed E-state index contributed by atoms with van der Waals surface area (Å²) in [6.45, 7) is 2.10. The van der Waals surface area contributed by atoms with E-state index in [0.717, 1.165) is 37.2 Å². The van der Waals surface area contributed by atoms with Crippen molar-refractivity contribution < 1.29 is 9.90 Å². The van der Waals surface area contributed by atoms with Crippen LogP contribution in [-0.2, 0) is 24.2 Å². The van der Waals surface area contributed by atoms with E-state index in [1.165, 1.54) is 17.7 Å². The molecule has 0 unspecified atom stereocenters. The van der Waals surface area contributed by atoms with Gasteiger partial charge in [-0.1, -0.05) is 36.4 Å². The van der Waals surface area contributed by atoms with Crippen molar-refractivity contribution in [3.05, 3.63) is 65.0 Å². The maximum Gasteiger partial charge on any atom is 0.308 e. The lowest BCUT2D eigenvalue weighted by molar-refractivity contribution is -0.141. The van der Waals surface area contributed by atoms with Crippen LogP contribution in [0.3, 0.4) is 0 Å². The first-order valence-electron chi connectivity index (χ1n) is 8.68. The fraction of sp³-hybridized carbons (Fsp3) is 0.400. The molecule has 1 aliphatic heterocycles. The standard InChI is InChI=1S/C20H22N2O2/c23-20(24)18-13-22(12-17(18)14-5-2-1-3-6-14)11-16-10-9-15-7-4-8-19(15)21-16/h1-3,5-6,9-10,17-18H,4,7-8,11-13H2,(H,23,24)/t17-,18+/m0/s1. The fourth-order valence-electron chi connectivity index (χ4n) is 4.09. The van der Waals surface area contributed by atoms with Gasteiger partial charge in [0.05, 0.1) is 11.6 Å². The molecule has 4 heteroatoms. The lowest BCUT2D eigenvalue weighted by Gasteiger charge is -2.16. The highest BCUT2D eigenvalue weighted by molar-refractivity contribution is 5.72. The van der Waals surface area contributed by atoms with Gasteiger partial charge >= 0.3 is 5.97 Å². The van der Waals surface area contributed by atoms with Crippen LogP contribution in [0.25, 0.3) is 0 Å². The van der Waals surface area contributed by atoms with Crippen molar-refractivity contribution in [1.82, 2.24) is 9.88 Å². The average molecular weight is 322 g/mol. The molecule has 1 aromatic heterocycles. The normalized spacial score (nSPS) is 23.3. The molecule has 0 amide bonds. The summed E-state index contributed by atoms with van der Waals surface area (Å²) in [6, 6.07) is 14.3. The molecule has 0 bridgehead atoms. The monoisotopic (exact) mass is 322 g/mol. The highest BCUT2D eigenvalue weighted by Crippen LogP contribution is 2.33. The number of nitrogens with zero attached hydrogens (tertiary/aromatic N) is 2. The van der Waals surface area contributed by atoms with Gasteiger partial charge in [0, 0.05) is 31.2 Å². The Bertz CT molecular complexity index is 745. The number of fused-ring (bicyclic) bond motifs is 1. The lowest BCUT2D eigenvalue weighted by Crippen LogP contribution is -2.23. The minimum Gasteiger partial charge on any atom is -0.481 e. The number of hydrogen-bond donors (Lipinski definition) is 1. The Balaban J connectivity index is 1.52. The predicted molar refractivity (Wildman–Crippen MR) is 91.8 cm³/mol. The molecule has 1 fully saturated rings. The first kappa shape index (κ1) is 15.3. The largest absolute Gasteiger partial charge is 0.481 e. The molecule has 1 saturated heterocycles. The summed E-state index contributed by atoms with van der Waals surface area (Å²) in [4.78, 5) is 18.7. The molecule has 0 spiro atoms. The Hall–Kier alpha value is -2.20. The molecule has 0 radical (unpaired) electrons. The molecule has 0 saturated carbocycles. The van der Waals surface area contributed by atoms with Crippen molar-refractivity contribution in [2.75, 3.05) is 13.1 Å². The first-order valence-corrected chi connectivity index (χ1v) is 8.68. The first-order chi connectivity index (χ1) is 11.7. The summed E-state index contributed by atoms with van der Waals surface area (Å²) < 4.78 is 0. The second kappa shape index (κ2) is 6.36. The van der Waals surface area contributed by atoms with E-state index in [2.05, 4.69) is 17.0 Å². The minimum absolute atomic E-state index is 0.0538. The molecule has 4 nitrogen and oxygen atoms in total. The number of carboxylic acid groups (broad SMARTS) is 1. The molecular weight excluding hydrogens is 300 g/mol. The number of aryl methyl sites for hydroxylation is 2. The van der Waals surface area contributed by atoms with Crippen LogP contribution in [0.4, 0.5) is 0 Å². The van der Waals surface area contributed by atoms with Crippen LogP contribution in [0.15, 0.2) is 42.5 Å². The Morgan fingerprint density at radius 3 is 2.75 bits per heavy atom. The van der Waals surface area contributed by atoms with Gasteiger partial charge in [0.25, 0.3) is 0 Å². The predicted octanol–water partition coefficient (Wildman–Crippen LogP) is 2.87. The average Bonchev–Trinajstić information content (AvgIpc) is 3.22. The van der Waals surface area contributed by atoms with Crippen molar-refractivity contribution in [3.8, 4) is 0 Å². The summed E-state index contributed by atoms with van der Waals surface area (Å²) in [7, 11) is 0. The molecule has 4 rings (SSSR count). The second-order valence-corrected chi connectivity index (χ2v) is 6.92. The van der Waals surface area contributed by atoms with Gasteiger partial charge in [-0.05, 0) is 36.5 Å². The molecule has 1 aliphatic carbocycles. The maximum absolute atomic E-state index is 11.7. The van der Waals surface area contributed by atoms with Gasteiger partial charge < -0.3 is 5.11 Å². The van der Waals surface area contributed by atoms with Crippen LogP contribution in [0, 0.1) is 5.92 Å². The van der Waals surface area contributed by atoms with E-state index in [1.54, 1.807) is 0 Å². The zero-order valence-electron chi connectivity index (χ0n) is 13.7. The number of benzene rings is 1. The summed E-state index contributed by atoms with van der Waals surface area (Å²) in [5.74, 6) is -0.992. The Morgan fingerprint density at radius 1 is 1.12 bits per heavy atom. The van der Waals surface area contributed by atoms with Gasteiger partial charge in [0.15, 0.2) is 0 Å². The van der Waals surface area contributed by atoms with Crippen molar-refractivity contribution in [3.63, 3.8) is 0 Å². The molecule has 124 valence electrons. The Labute approximate surface area is 142 Å². The van der Waals surface area contributed by atoms with Crippen LogP contribution in [-0.4, -0.2) is 34.0 Å². The third kappa shape index (κ3) is 2.94. The maximum atomic E-state index is 11.7. The molecular formula is C20H22N2O2.